The Morgan fingerprint density at radius 2 is 1.84 bits per heavy atom. The van der Waals surface area contributed by atoms with Crippen molar-refractivity contribution in [2.75, 3.05) is 18.8 Å². The van der Waals surface area contributed by atoms with Gasteiger partial charge in [0.15, 0.2) is 5.82 Å². The van der Waals surface area contributed by atoms with Crippen molar-refractivity contribution in [3.8, 4) is 16.9 Å². The highest BCUT2D eigenvalue weighted by molar-refractivity contribution is 6.00. The van der Waals surface area contributed by atoms with Gasteiger partial charge >= 0.3 is 0 Å². The molecule has 5 rings (SSSR count). The number of hydrogen-bond acceptors (Lipinski definition) is 5. The quantitative estimate of drug-likeness (QED) is 0.513. The standard InChI is InChI=1S/C22H18F2N6O2/c23-14-4-3-5-15(24)19(14)30-11-13(18-17(22(30)32)20(25)28-27-18)16-10-12(6-7-26-16)21(31)29-8-1-2-9-29/h3-7,10-11H,1-2,8-9H2,(H3,25,27,28). The number of fused-ring (bicyclic) bond motifs is 1. The first-order chi connectivity index (χ1) is 15.5. The summed E-state index contributed by atoms with van der Waals surface area (Å²) in [6.45, 7) is 1.38. The van der Waals surface area contributed by atoms with Gasteiger partial charge in [0, 0.05) is 36.6 Å². The van der Waals surface area contributed by atoms with E-state index in [9.17, 15) is 18.4 Å². The number of amides is 1. The van der Waals surface area contributed by atoms with Gasteiger partial charge in [0.25, 0.3) is 11.5 Å². The number of pyridine rings is 2. The van der Waals surface area contributed by atoms with Gasteiger partial charge in [-0.05, 0) is 37.1 Å². The van der Waals surface area contributed by atoms with E-state index in [1.165, 1.54) is 18.5 Å². The molecule has 1 aliphatic heterocycles. The van der Waals surface area contributed by atoms with Crippen molar-refractivity contribution in [3.05, 3.63) is 70.3 Å². The lowest BCUT2D eigenvalue weighted by Crippen LogP contribution is -2.27. The van der Waals surface area contributed by atoms with Gasteiger partial charge in [-0.1, -0.05) is 6.07 Å². The summed E-state index contributed by atoms with van der Waals surface area (Å²) in [5.41, 5.74) is 5.95. The van der Waals surface area contributed by atoms with E-state index in [0.29, 0.717) is 29.9 Å². The Morgan fingerprint density at radius 1 is 1.12 bits per heavy atom. The molecule has 8 nitrogen and oxygen atoms in total. The van der Waals surface area contributed by atoms with E-state index in [0.717, 1.165) is 29.5 Å². The Hall–Kier alpha value is -4.08. The molecule has 1 aliphatic rings. The predicted octanol–water partition coefficient (Wildman–Crippen LogP) is 2.87. The zero-order valence-electron chi connectivity index (χ0n) is 16.8. The van der Waals surface area contributed by atoms with E-state index in [-0.39, 0.29) is 22.6 Å². The molecule has 4 aromatic rings. The molecule has 0 radical (unpaired) electrons. The summed E-state index contributed by atoms with van der Waals surface area (Å²) in [5.74, 6) is -2.06. The van der Waals surface area contributed by atoms with Gasteiger partial charge in [-0.3, -0.25) is 24.2 Å². The highest BCUT2D eigenvalue weighted by atomic mass is 19.1. The molecule has 1 saturated heterocycles. The van der Waals surface area contributed by atoms with Crippen LogP contribution < -0.4 is 11.3 Å². The average molecular weight is 436 g/mol. The van der Waals surface area contributed by atoms with Crippen LogP contribution in [-0.2, 0) is 0 Å². The minimum atomic E-state index is -0.912. The number of nitrogens with zero attached hydrogens (tertiary/aromatic N) is 4. The second-order valence-electron chi connectivity index (χ2n) is 7.58. The van der Waals surface area contributed by atoms with Crippen LogP contribution in [0.25, 0.3) is 27.8 Å². The number of likely N-dealkylation sites (tertiary alicyclic amines) is 1. The van der Waals surface area contributed by atoms with E-state index in [2.05, 4.69) is 15.2 Å². The van der Waals surface area contributed by atoms with Crippen molar-refractivity contribution in [3.63, 3.8) is 0 Å². The molecule has 10 heteroatoms. The molecular weight excluding hydrogens is 418 g/mol. The van der Waals surface area contributed by atoms with E-state index >= 15 is 0 Å². The molecule has 0 bridgehead atoms. The second kappa shape index (κ2) is 7.56. The molecule has 3 aromatic heterocycles. The number of aromatic nitrogens is 4. The number of halogens is 2. The number of para-hydroxylation sites is 1. The number of nitrogens with two attached hydrogens (primary N) is 1. The smallest absolute Gasteiger partial charge is 0.268 e. The van der Waals surface area contributed by atoms with E-state index in [4.69, 9.17) is 5.73 Å². The van der Waals surface area contributed by atoms with Crippen molar-refractivity contribution >= 4 is 22.6 Å². The third-order valence-electron chi connectivity index (χ3n) is 5.61. The largest absolute Gasteiger partial charge is 0.382 e. The number of H-pyrrole nitrogens is 1. The lowest BCUT2D eigenvalue weighted by Gasteiger charge is -2.16. The summed E-state index contributed by atoms with van der Waals surface area (Å²) < 4.78 is 29.9. The number of rotatable bonds is 3. The highest BCUT2D eigenvalue weighted by Crippen LogP contribution is 2.29. The highest BCUT2D eigenvalue weighted by Gasteiger charge is 2.23. The van der Waals surface area contributed by atoms with Crippen molar-refractivity contribution in [2.45, 2.75) is 12.8 Å². The minimum Gasteiger partial charge on any atom is -0.382 e. The first-order valence-corrected chi connectivity index (χ1v) is 10.0. The first kappa shape index (κ1) is 19.9. The number of carbonyl (C=O) groups excluding carboxylic acids is 1. The molecule has 1 amide bonds. The van der Waals surface area contributed by atoms with Gasteiger partial charge in [-0.25, -0.2) is 8.78 Å². The van der Waals surface area contributed by atoms with Crippen LogP contribution in [0.15, 0.2) is 47.5 Å². The van der Waals surface area contributed by atoms with Crippen molar-refractivity contribution in [1.82, 2.24) is 24.6 Å². The normalized spacial score (nSPS) is 13.8. The Balaban J connectivity index is 1.74. The van der Waals surface area contributed by atoms with Crippen LogP contribution >= 0.6 is 0 Å². The van der Waals surface area contributed by atoms with Crippen molar-refractivity contribution in [2.24, 2.45) is 0 Å². The molecule has 0 unspecified atom stereocenters. The zero-order valence-corrected chi connectivity index (χ0v) is 16.8. The molecule has 1 aromatic carbocycles. The molecule has 32 heavy (non-hydrogen) atoms. The number of carbonyl (C=O) groups is 1. The van der Waals surface area contributed by atoms with Gasteiger partial charge < -0.3 is 10.6 Å². The Bertz CT molecular complexity index is 1400. The number of aromatic amines is 1. The molecule has 0 saturated carbocycles. The molecule has 162 valence electrons. The number of hydrogen-bond donors (Lipinski definition) is 2. The van der Waals surface area contributed by atoms with Crippen LogP contribution in [0.2, 0.25) is 0 Å². The molecular formula is C22H18F2N6O2. The van der Waals surface area contributed by atoms with Gasteiger partial charge in [0.1, 0.15) is 22.7 Å². The summed E-state index contributed by atoms with van der Waals surface area (Å²) in [6, 6.07) is 6.51. The molecule has 4 heterocycles. The summed E-state index contributed by atoms with van der Waals surface area (Å²) in [5, 5.41) is 6.56. The lowest BCUT2D eigenvalue weighted by atomic mass is 10.1. The molecule has 3 N–H and O–H groups in total. The Kier molecular flexibility index (Phi) is 4.69. The van der Waals surface area contributed by atoms with Gasteiger partial charge in [0.2, 0.25) is 0 Å². The third kappa shape index (κ3) is 3.11. The maximum Gasteiger partial charge on any atom is 0.268 e. The zero-order chi connectivity index (χ0) is 22.4. The molecule has 0 aliphatic carbocycles. The van der Waals surface area contributed by atoms with Crippen LogP contribution in [0.1, 0.15) is 23.2 Å². The number of benzene rings is 1. The van der Waals surface area contributed by atoms with Crippen LogP contribution in [0.4, 0.5) is 14.6 Å². The maximum absolute atomic E-state index is 14.5. The molecule has 0 spiro atoms. The number of nitrogens with one attached hydrogen (secondary N) is 1. The summed E-state index contributed by atoms with van der Waals surface area (Å²) in [7, 11) is 0. The van der Waals surface area contributed by atoms with Gasteiger partial charge in [-0.15, -0.1) is 0 Å². The fourth-order valence-corrected chi connectivity index (χ4v) is 4.03. The topological polar surface area (TPSA) is 110 Å². The van der Waals surface area contributed by atoms with E-state index in [1.807, 2.05) is 0 Å². The monoisotopic (exact) mass is 436 g/mol. The van der Waals surface area contributed by atoms with E-state index < -0.39 is 22.9 Å². The Morgan fingerprint density at radius 3 is 2.56 bits per heavy atom. The fraction of sp³-hybridized carbons (Fsp3) is 0.182. The predicted molar refractivity (Wildman–Crippen MR) is 114 cm³/mol. The first-order valence-electron chi connectivity index (χ1n) is 10.0. The lowest BCUT2D eigenvalue weighted by molar-refractivity contribution is 0.0792. The van der Waals surface area contributed by atoms with Crippen LogP contribution in [0, 0.1) is 11.6 Å². The number of nitrogen functional groups attached to an aromatic ring is 1. The van der Waals surface area contributed by atoms with Crippen LogP contribution in [0.5, 0.6) is 0 Å². The maximum atomic E-state index is 14.5. The molecule has 1 fully saturated rings. The SMILES string of the molecule is Nc1n[nH]c2c(-c3cc(C(=O)N4CCCC4)ccn3)cn(-c3c(F)cccc3F)c(=O)c12. The van der Waals surface area contributed by atoms with Crippen LogP contribution in [0.3, 0.4) is 0 Å². The van der Waals surface area contributed by atoms with E-state index in [1.54, 1.807) is 17.0 Å². The average Bonchev–Trinajstić information content (AvgIpc) is 3.45. The molecule has 0 atom stereocenters. The summed E-state index contributed by atoms with van der Waals surface area (Å²) in [6.07, 6.45) is 4.66. The Labute approximate surface area is 180 Å². The number of anilines is 1. The van der Waals surface area contributed by atoms with Gasteiger partial charge in [-0.2, -0.15) is 5.10 Å². The second-order valence-corrected chi connectivity index (χ2v) is 7.58. The van der Waals surface area contributed by atoms with Crippen molar-refractivity contribution < 1.29 is 13.6 Å². The van der Waals surface area contributed by atoms with Crippen LogP contribution in [-0.4, -0.2) is 43.6 Å². The van der Waals surface area contributed by atoms with Crippen molar-refractivity contribution in [1.29, 1.82) is 0 Å². The minimum absolute atomic E-state index is 0.0248. The third-order valence-corrected chi connectivity index (χ3v) is 5.61. The summed E-state index contributed by atoms with van der Waals surface area (Å²) >= 11 is 0. The summed E-state index contributed by atoms with van der Waals surface area (Å²) in [4.78, 5) is 32.0. The van der Waals surface area contributed by atoms with Gasteiger partial charge in [0.05, 0.1) is 11.2 Å². The fourth-order valence-electron chi connectivity index (χ4n) is 4.03.